The molecule has 1 N–H and O–H groups in total. The van der Waals surface area contributed by atoms with Crippen LogP contribution in [0.15, 0.2) is 18.2 Å². The molecule has 0 spiro atoms. The fraction of sp³-hybridized carbons (Fsp3) is 0.600. The van der Waals surface area contributed by atoms with E-state index in [1.807, 2.05) is 6.07 Å². The van der Waals surface area contributed by atoms with Gasteiger partial charge in [-0.3, -0.25) is 0 Å². The molecule has 1 atom stereocenters. The largest absolute Gasteiger partial charge is 0.314 e. The first-order valence-electron chi connectivity index (χ1n) is 6.88. The second kappa shape index (κ2) is 6.53. The predicted molar refractivity (Wildman–Crippen MR) is 74.5 cm³/mol. The highest BCUT2D eigenvalue weighted by Crippen LogP contribution is 2.34. The fourth-order valence-corrected chi connectivity index (χ4v) is 2.47. The standard InChI is InChI=1S/C15H21ClFN/c1-2-9-18-15(12-5-6-12)8-4-11-3-7-13(16)14(17)10-11/h3,7,10,12,15,18H,2,4-6,8-9H2,1H3. The van der Waals surface area contributed by atoms with Crippen LogP contribution in [0.4, 0.5) is 4.39 Å². The maximum Gasteiger partial charge on any atom is 0.142 e. The van der Waals surface area contributed by atoms with Gasteiger partial charge in [0.2, 0.25) is 0 Å². The minimum atomic E-state index is -0.307. The molecule has 1 unspecified atom stereocenters. The molecule has 1 fully saturated rings. The molecule has 100 valence electrons. The van der Waals surface area contributed by atoms with E-state index in [1.54, 1.807) is 12.1 Å². The van der Waals surface area contributed by atoms with Crippen molar-refractivity contribution in [1.29, 1.82) is 0 Å². The van der Waals surface area contributed by atoms with Crippen molar-refractivity contribution in [2.75, 3.05) is 6.54 Å². The van der Waals surface area contributed by atoms with Crippen molar-refractivity contribution in [3.8, 4) is 0 Å². The molecule has 2 rings (SSSR count). The molecule has 0 heterocycles. The van der Waals surface area contributed by atoms with Crippen molar-refractivity contribution in [2.24, 2.45) is 5.92 Å². The van der Waals surface area contributed by atoms with E-state index in [1.165, 1.54) is 19.3 Å². The SMILES string of the molecule is CCCNC(CCc1ccc(Cl)c(F)c1)C1CC1. The van der Waals surface area contributed by atoms with Crippen LogP contribution in [0.1, 0.15) is 38.2 Å². The van der Waals surface area contributed by atoms with E-state index in [0.29, 0.717) is 6.04 Å². The Labute approximate surface area is 114 Å². The quantitative estimate of drug-likeness (QED) is 0.783. The van der Waals surface area contributed by atoms with Gasteiger partial charge in [-0.05, 0) is 62.3 Å². The molecule has 0 radical (unpaired) electrons. The molecule has 0 bridgehead atoms. The summed E-state index contributed by atoms with van der Waals surface area (Å²) in [6, 6.07) is 5.74. The van der Waals surface area contributed by atoms with E-state index < -0.39 is 0 Å². The Kier molecular flexibility index (Phi) is 5.02. The van der Waals surface area contributed by atoms with E-state index in [4.69, 9.17) is 11.6 Å². The summed E-state index contributed by atoms with van der Waals surface area (Å²) in [6.07, 6.45) is 5.86. The molecule has 1 aliphatic rings. The lowest BCUT2D eigenvalue weighted by molar-refractivity contribution is 0.435. The summed E-state index contributed by atoms with van der Waals surface area (Å²) in [4.78, 5) is 0. The third-order valence-corrected chi connectivity index (χ3v) is 3.88. The van der Waals surface area contributed by atoms with Gasteiger partial charge in [0, 0.05) is 6.04 Å². The summed E-state index contributed by atoms with van der Waals surface area (Å²) in [5, 5.41) is 3.82. The summed E-state index contributed by atoms with van der Waals surface area (Å²) in [5.41, 5.74) is 1.04. The Morgan fingerprint density at radius 2 is 2.22 bits per heavy atom. The summed E-state index contributed by atoms with van der Waals surface area (Å²) >= 11 is 5.68. The molecule has 0 aromatic heterocycles. The zero-order valence-corrected chi connectivity index (χ0v) is 11.6. The van der Waals surface area contributed by atoms with Gasteiger partial charge in [-0.15, -0.1) is 0 Å². The summed E-state index contributed by atoms with van der Waals surface area (Å²) in [6.45, 7) is 3.27. The molecule has 18 heavy (non-hydrogen) atoms. The lowest BCUT2D eigenvalue weighted by Gasteiger charge is -2.17. The Morgan fingerprint density at radius 1 is 1.44 bits per heavy atom. The first-order valence-corrected chi connectivity index (χ1v) is 7.25. The molecule has 0 saturated heterocycles. The molecule has 1 saturated carbocycles. The Bertz CT molecular complexity index is 390. The first-order chi connectivity index (χ1) is 8.70. The third-order valence-electron chi connectivity index (χ3n) is 3.58. The number of nitrogens with one attached hydrogen (secondary N) is 1. The van der Waals surface area contributed by atoms with Crippen LogP contribution in [0.5, 0.6) is 0 Å². The van der Waals surface area contributed by atoms with Gasteiger partial charge < -0.3 is 5.32 Å². The van der Waals surface area contributed by atoms with Crippen molar-refractivity contribution in [3.05, 3.63) is 34.6 Å². The van der Waals surface area contributed by atoms with Crippen LogP contribution in [0.3, 0.4) is 0 Å². The molecular formula is C15H21ClFN. The smallest absolute Gasteiger partial charge is 0.142 e. The Hall–Kier alpha value is -0.600. The van der Waals surface area contributed by atoms with Crippen LogP contribution in [0.2, 0.25) is 5.02 Å². The fourth-order valence-electron chi connectivity index (χ4n) is 2.35. The van der Waals surface area contributed by atoms with E-state index in [9.17, 15) is 4.39 Å². The number of hydrogen-bond acceptors (Lipinski definition) is 1. The minimum absolute atomic E-state index is 0.210. The van der Waals surface area contributed by atoms with Gasteiger partial charge in [0.05, 0.1) is 5.02 Å². The van der Waals surface area contributed by atoms with Crippen LogP contribution < -0.4 is 5.32 Å². The van der Waals surface area contributed by atoms with Gasteiger partial charge in [0.25, 0.3) is 0 Å². The molecule has 1 aliphatic carbocycles. The maximum absolute atomic E-state index is 13.3. The molecular weight excluding hydrogens is 249 g/mol. The zero-order valence-electron chi connectivity index (χ0n) is 10.9. The molecule has 1 aromatic rings. The molecule has 1 aromatic carbocycles. The van der Waals surface area contributed by atoms with Gasteiger partial charge in [0.1, 0.15) is 5.82 Å². The average Bonchev–Trinajstić information content (AvgIpc) is 3.18. The van der Waals surface area contributed by atoms with Crippen LogP contribution >= 0.6 is 11.6 Å². The van der Waals surface area contributed by atoms with Gasteiger partial charge in [0.15, 0.2) is 0 Å². The van der Waals surface area contributed by atoms with E-state index in [-0.39, 0.29) is 10.8 Å². The first kappa shape index (κ1) is 13.8. The zero-order chi connectivity index (χ0) is 13.0. The third kappa shape index (κ3) is 3.96. The highest BCUT2D eigenvalue weighted by atomic mass is 35.5. The van der Waals surface area contributed by atoms with Gasteiger partial charge in [-0.1, -0.05) is 24.6 Å². The van der Waals surface area contributed by atoms with Crippen molar-refractivity contribution in [2.45, 2.75) is 45.1 Å². The van der Waals surface area contributed by atoms with Crippen LogP contribution in [-0.2, 0) is 6.42 Å². The monoisotopic (exact) mass is 269 g/mol. The normalized spacial score (nSPS) is 16.8. The predicted octanol–water partition coefficient (Wildman–Crippen LogP) is 4.19. The Balaban J connectivity index is 1.86. The van der Waals surface area contributed by atoms with Crippen LogP contribution in [-0.4, -0.2) is 12.6 Å². The highest BCUT2D eigenvalue weighted by molar-refractivity contribution is 6.30. The Morgan fingerprint density at radius 3 is 2.83 bits per heavy atom. The van der Waals surface area contributed by atoms with E-state index in [2.05, 4.69) is 12.2 Å². The van der Waals surface area contributed by atoms with Crippen molar-refractivity contribution in [3.63, 3.8) is 0 Å². The number of benzene rings is 1. The van der Waals surface area contributed by atoms with E-state index in [0.717, 1.165) is 30.9 Å². The van der Waals surface area contributed by atoms with E-state index >= 15 is 0 Å². The summed E-state index contributed by atoms with van der Waals surface area (Å²) < 4.78 is 13.3. The molecule has 3 heteroatoms. The second-order valence-electron chi connectivity index (χ2n) is 5.19. The molecule has 0 aliphatic heterocycles. The number of aryl methyl sites for hydroxylation is 1. The van der Waals surface area contributed by atoms with Crippen molar-refractivity contribution >= 4 is 11.6 Å². The summed E-state index contributed by atoms with van der Waals surface area (Å²) in [5.74, 6) is 0.535. The lowest BCUT2D eigenvalue weighted by Crippen LogP contribution is -2.32. The summed E-state index contributed by atoms with van der Waals surface area (Å²) in [7, 11) is 0. The molecule has 0 amide bonds. The van der Waals surface area contributed by atoms with Crippen LogP contribution in [0.25, 0.3) is 0 Å². The number of rotatable bonds is 7. The average molecular weight is 270 g/mol. The topological polar surface area (TPSA) is 12.0 Å². The highest BCUT2D eigenvalue weighted by Gasteiger charge is 2.30. The van der Waals surface area contributed by atoms with Crippen molar-refractivity contribution in [1.82, 2.24) is 5.32 Å². The minimum Gasteiger partial charge on any atom is -0.314 e. The van der Waals surface area contributed by atoms with Gasteiger partial charge >= 0.3 is 0 Å². The second-order valence-corrected chi connectivity index (χ2v) is 5.59. The van der Waals surface area contributed by atoms with Crippen molar-refractivity contribution < 1.29 is 4.39 Å². The maximum atomic E-state index is 13.3. The lowest BCUT2D eigenvalue weighted by atomic mass is 10.0. The van der Waals surface area contributed by atoms with Crippen LogP contribution in [0, 0.1) is 11.7 Å². The number of hydrogen-bond donors (Lipinski definition) is 1. The van der Waals surface area contributed by atoms with Gasteiger partial charge in [-0.25, -0.2) is 4.39 Å². The number of halogens is 2. The molecule has 1 nitrogen and oxygen atoms in total. The van der Waals surface area contributed by atoms with Gasteiger partial charge in [-0.2, -0.15) is 0 Å².